The molecule has 2 aromatic rings. The second-order valence-corrected chi connectivity index (χ2v) is 5.66. The summed E-state index contributed by atoms with van der Waals surface area (Å²) in [7, 11) is 1.19. The SMILES string of the molecule is COC(=O)Nc1cc(NC(=O)C2CC2c2ccccc2)ccc1F. The molecule has 2 N–H and O–H groups in total. The molecule has 2 amide bonds. The van der Waals surface area contributed by atoms with Crippen molar-refractivity contribution in [2.75, 3.05) is 17.7 Å². The Morgan fingerprint density at radius 1 is 1.12 bits per heavy atom. The molecular formula is C18H17FN2O3. The third kappa shape index (κ3) is 3.53. The Labute approximate surface area is 138 Å². The average Bonchev–Trinajstić information content (AvgIpc) is 3.39. The maximum Gasteiger partial charge on any atom is 0.411 e. The van der Waals surface area contributed by atoms with Crippen LogP contribution in [0.4, 0.5) is 20.6 Å². The molecule has 2 aromatic carbocycles. The number of rotatable bonds is 4. The van der Waals surface area contributed by atoms with Gasteiger partial charge >= 0.3 is 6.09 Å². The van der Waals surface area contributed by atoms with Crippen LogP contribution in [0, 0.1) is 11.7 Å². The molecule has 0 bridgehead atoms. The van der Waals surface area contributed by atoms with Crippen LogP contribution in [0.2, 0.25) is 0 Å². The first kappa shape index (κ1) is 16.0. The first-order chi connectivity index (χ1) is 11.6. The van der Waals surface area contributed by atoms with Crippen molar-refractivity contribution in [3.63, 3.8) is 0 Å². The van der Waals surface area contributed by atoms with Crippen LogP contribution in [-0.2, 0) is 9.53 Å². The van der Waals surface area contributed by atoms with Crippen molar-refractivity contribution < 1.29 is 18.7 Å². The molecule has 0 heterocycles. The Morgan fingerprint density at radius 2 is 1.88 bits per heavy atom. The lowest BCUT2D eigenvalue weighted by Gasteiger charge is -2.09. The lowest BCUT2D eigenvalue weighted by Crippen LogP contribution is -2.16. The summed E-state index contributed by atoms with van der Waals surface area (Å²) in [4.78, 5) is 23.5. The summed E-state index contributed by atoms with van der Waals surface area (Å²) in [6.45, 7) is 0. The lowest BCUT2D eigenvalue weighted by atomic mass is 10.1. The van der Waals surface area contributed by atoms with Crippen LogP contribution >= 0.6 is 0 Å². The van der Waals surface area contributed by atoms with E-state index in [0.717, 1.165) is 12.0 Å². The Bertz CT molecular complexity index is 764. The van der Waals surface area contributed by atoms with Crippen LogP contribution in [-0.4, -0.2) is 19.1 Å². The highest BCUT2D eigenvalue weighted by atomic mass is 19.1. The molecule has 5 nitrogen and oxygen atoms in total. The minimum atomic E-state index is -0.774. The lowest BCUT2D eigenvalue weighted by molar-refractivity contribution is -0.117. The van der Waals surface area contributed by atoms with Gasteiger partial charge in [0.05, 0.1) is 12.8 Å². The molecule has 2 atom stereocenters. The Kier molecular flexibility index (Phi) is 4.46. The van der Waals surface area contributed by atoms with Gasteiger partial charge in [-0.05, 0) is 36.1 Å². The second kappa shape index (κ2) is 6.70. The fraction of sp³-hybridized carbons (Fsp3) is 0.222. The highest BCUT2D eigenvalue weighted by molar-refractivity contribution is 5.96. The van der Waals surface area contributed by atoms with E-state index in [9.17, 15) is 14.0 Å². The number of methoxy groups -OCH3 is 1. The van der Waals surface area contributed by atoms with E-state index in [1.165, 1.54) is 25.3 Å². The Balaban J connectivity index is 1.65. The molecule has 0 saturated heterocycles. The minimum Gasteiger partial charge on any atom is -0.453 e. The molecule has 1 aliphatic carbocycles. The van der Waals surface area contributed by atoms with Crippen LogP contribution in [0.3, 0.4) is 0 Å². The normalized spacial score (nSPS) is 18.6. The molecule has 6 heteroatoms. The highest BCUT2D eigenvalue weighted by Crippen LogP contribution is 2.47. The Morgan fingerprint density at radius 3 is 2.58 bits per heavy atom. The van der Waals surface area contributed by atoms with Crippen LogP contribution in [0.25, 0.3) is 0 Å². The molecule has 3 rings (SSSR count). The van der Waals surface area contributed by atoms with Crippen molar-refractivity contribution in [2.45, 2.75) is 12.3 Å². The van der Waals surface area contributed by atoms with Gasteiger partial charge < -0.3 is 10.1 Å². The van der Waals surface area contributed by atoms with Crippen LogP contribution < -0.4 is 10.6 Å². The number of amides is 2. The van der Waals surface area contributed by atoms with E-state index in [1.54, 1.807) is 0 Å². The first-order valence-electron chi connectivity index (χ1n) is 7.59. The zero-order chi connectivity index (χ0) is 17.1. The van der Waals surface area contributed by atoms with Crippen LogP contribution in [0.5, 0.6) is 0 Å². The first-order valence-corrected chi connectivity index (χ1v) is 7.59. The molecule has 2 unspecified atom stereocenters. The fourth-order valence-corrected chi connectivity index (χ4v) is 2.65. The van der Waals surface area contributed by atoms with Gasteiger partial charge in [-0.25, -0.2) is 9.18 Å². The summed E-state index contributed by atoms with van der Waals surface area (Å²) in [5.41, 5.74) is 1.52. The van der Waals surface area contributed by atoms with Crippen molar-refractivity contribution >= 4 is 23.4 Å². The van der Waals surface area contributed by atoms with Gasteiger partial charge in [-0.1, -0.05) is 30.3 Å². The molecule has 0 aliphatic heterocycles. The number of anilines is 2. The average molecular weight is 328 g/mol. The summed E-state index contributed by atoms with van der Waals surface area (Å²) in [5, 5.41) is 5.03. The number of benzene rings is 2. The van der Waals surface area contributed by atoms with Crippen molar-refractivity contribution in [3.05, 3.63) is 59.9 Å². The fourth-order valence-electron chi connectivity index (χ4n) is 2.65. The van der Waals surface area contributed by atoms with Crippen LogP contribution in [0.1, 0.15) is 17.9 Å². The number of hydrogen-bond donors (Lipinski definition) is 2. The van der Waals surface area contributed by atoms with Gasteiger partial charge in [-0.2, -0.15) is 0 Å². The number of carbonyl (C=O) groups excluding carboxylic acids is 2. The smallest absolute Gasteiger partial charge is 0.411 e. The van der Waals surface area contributed by atoms with E-state index in [1.807, 2.05) is 30.3 Å². The van der Waals surface area contributed by atoms with Crippen molar-refractivity contribution in [2.24, 2.45) is 5.92 Å². The van der Waals surface area contributed by atoms with Gasteiger partial charge in [0.2, 0.25) is 5.91 Å². The molecule has 0 radical (unpaired) electrons. The third-order valence-corrected chi connectivity index (χ3v) is 4.01. The number of nitrogens with one attached hydrogen (secondary N) is 2. The van der Waals surface area contributed by atoms with Crippen molar-refractivity contribution in [3.8, 4) is 0 Å². The zero-order valence-corrected chi connectivity index (χ0v) is 13.1. The van der Waals surface area contributed by atoms with Gasteiger partial charge in [-0.15, -0.1) is 0 Å². The van der Waals surface area contributed by atoms with E-state index < -0.39 is 11.9 Å². The van der Waals surface area contributed by atoms with Crippen LogP contribution in [0.15, 0.2) is 48.5 Å². The predicted molar refractivity (Wildman–Crippen MR) is 88.3 cm³/mol. The summed E-state index contributed by atoms with van der Waals surface area (Å²) < 4.78 is 18.1. The molecule has 0 aromatic heterocycles. The standard InChI is InChI=1S/C18H17FN2O3/c1-24-18(23)21-16-9-12(7-8-15(16)19)20-17(22)14-10-13(14)11-5-3-2-4-6-11/h2-9,13-14H,10H2,1H3,(H,20,22)(H,21,23). The monoisotopic (exact) mass is 328 g/mol. The quantitative estimate of drug-likeness (QED) is 0.898. The highest BCUT2D eigenvalue weighted by Gasteiger charge is 2.43. The largest absolute Gasteiger partial charge is 0.453 e. The predicted octanol–water partition coefficient (Wildman–Crippen LogP) is 3.75. The number of halogens is 1. The number of ether oxygens (including phenoxy) is 1. The molecule has 1 saturated carbocycles. The topological polar surface area (TPSA) is 67.4 Å². The van der Waals surface area contributed by atoms with Gasteiger partial charge in [0, 0.05) is 11.6 Å². The van der Waals surface area contributed by atoms with Gasteiger partial charge in [0.1, 0.15) is 5.82 Å². The maximum absolute atomic E-state index is 13.7. The molecule has 1 fully saturated rings. The second-order valence-electron chi connectivity index (χ2n) is 5.66. The molecule has 24 heavy (non-hydrogen) atoms. The van der Waals surface area contributed by atoms with Crippen molar-refractivity contribution in [1.82, 2.24) is 0 Å². The third-order valence-electron chi connectivity index (χ3n) is 4.01. The summed E-state index contributed by atoms with van der Waals surface area (Å²) in [5.74, 6) is -0.583. The van der Waals surface area contributed by atoms with E-state index in [-0.39, 0.29) is 23.4 Å². The van der Waals surface area contributed by atoms with Gasteiger partial charge in [-0.3, -0.25) is 10.1 Å². The number of hydrogen-bond acceptors (Lipinski definition) is 3. The maximum atomic E-state index is 13.7. The molecule has 124 valence electrons. The van der Waals surface area contributed by atoms with Gasteiger partial charge in [0.15, 0.2) is 0 Å². The van der Waals surface area contributed by atoms with Gasteiger partial charge in [0.25, 0.3) is 0 Å². The molecular weight excluding hydrogens is 311 g/mol. The summed E-state index contributed by atoms with van der Waals surface area (Å²) in [6.07, 6.45) is 0.0216. The van der Waals surface area contributed by atoms with E-state index in [2.05, 4.69) is 15.4 Å². The van der Waals surface area contributed by atoms with E-state index in [0.29, 0.717) is 5.69 Å². The molecule has 1 aliphatic rings. The zero-order valence-electron chi connectivity index (χ0n) is 13.1. The summed E-state index contributed by atoms with van der Waals surface area (Å²) >= 11 is 0. The molecule has 0 spiro atoms. The minimum absolute atomic E-state index is 0.0462. The Hall–Kier alpha value is -2.89. The number of carbonyl (C=O) groups is 2. The van der Waals surface area contributed by atoms with E-state index in [4.69, 9.17) is 0 Å². The van der Waals surface area contributed by atoms with E-state index >= 15 is 0 Å². The summed E-state index contributed by atoms with van der Waals surface area (Å²) in [6, 6.07) is 13.9. The van der Waals surface area contributed by atoms with Crippen molar-refractivity contribution in [1.29, 1.82) is 0 Å².